The van der Waals surface area contributed by atoms with Gasteiger partial charge in [0.15, 0.2) is 0 Å². The molecule has 2 aliphatic rings. The van der Waals surface area contributed by atoms with Gasteiger partial charge in [-0.1, -0.05) is 54.6 Å². The van der Waals surface area contributed by atoms with Crippen LogP contribution in [0.4, 0.5) is 11.4 Å². The smallest absolute Gasteiger partial charge is 0.269 e. The molecule has 0 fully saturated rings. The summed E-state index contributed by atoms with van der Waals surface area (Å²) in [4.78, 5) is 10.6. The van der Waals surface area contributed by atoms with Crippen molar-refractivity contribution in [3.63, 3.8) is 0 Å². The maximum Gasteiger partial charge on any atom is 0.269 e. The number of nitrogens with one attached hydrogen (secondary N) is 1. The molecule has 3 unspecified atom stereocenters. The van der Waals surface area contributed by atoms with Gasteiger partial charge in [-0.25, -0.2) is 0 Å². The SMILES string of the molecule is O=[N+]([O-])c1ccc(C2Nc3ccc(OCc4ccccc4)cc3C3C=CCC32)cc1. The van der Waals surface area contributed by atoms with Gasteiger partial charge in [0.2, 0.25) is 0 Å². The van der Waals surface area contributed by atoms with E-state index in [2.05, 4.69) is 41.7 Å². The van der Waals surface area contributed by atoms with Crippen molar-refractivity contribution >= 4 is 11.4 Å². The summed E-state index contributed by atoms with van der Waals surface area (Å²) < 4.78 is 6.04. The molecule has 5 rings (SSSR count). The van der Waals surface area contributed by atoms with Gasteiger partial charge in [0.1, 0.15) is 12.4 Å². The third-order valence-electron chi connectivity index (χ3n) is 6.05. The van der Waals surface area contributed by atoms with Crippen LogP contribution >= 0.6 is 0 Å². The molecular formula is C25H22N2O3. The molecule has 0 radical (unpaired) electrons. The maximum absolute atomic E-state index is 11.0. The van der Waals surface area contributed by atoms with Crippen molar-refractivity contribution in [3.8, 4) is 5.75 Å². The fraction of sp³-hybridized carbons (Fsp3) is 0.200. The minimum absolute atomic E-state index is 0.120. The molecule has 0 bridgehead atoms. The van der Waals surface area contributed by atoms with Crippen molar-refractivity contribution in [2.45, 2.75) is 25.0 Å². The summed E-state index contributed by atoms with van der Waals surface area (Å²) >= 11 is 0. The standard InChI is InChI=1S/C25H22N2O3/c28-27(29)19-11-9-18(10-12-19)25-22-8-4-7-21(22)23-15-20(13-14-24(23)26-25)30-16-17-5-2-1-3-6-17/h1-7,9-15,21-22,25-26H,8,16H2. The van der Waals surface area contributed by atoms with Gasteiger partial charge in [0.25, 0.3) is 5.69 Å². The minimum atomic E-state index is -0.357. The lowest BCUT2D eigenvalue weighted by Crippen LogP contribution is -2.29. The fourth-order valence-electron chi connectivity index (χ4n) is 4.54. The third-order valence-corrected chi connectivity index (χ3v) is 6.05. The highest BCUT2D eigenvalue weighted by atomic mass is 16.6. The molecule has 3 aromatic carbocycles. The molecule has 1 aliphatic heterocycles. The number of nitrogens with zero attached hydrogens (tertiary/aromatic N) is 1. The summed E-state index contributed by atoms with van der Waals surface area (Å²) in [6, 6.07) is 23.4. The predicted octanol–water partition coefficient (Wildman–Crippen LogP) is 6.00. The van der Waals surface area contributed by atoms with Crippen LogP contribution in [-0.2, 0) is 6.61 Å². The average molecular weight is 398 g/mol. The number of nitro benzene ring substituents is 1. The van der Waals surface area contributed by atoms with Crippen molar-refractivity contribution in [1.82, 2.24) is 0 Å². The fourth-order valence-corrected chi connectivity index (χ4v) is 4.54. The molecule has 30 heavy (non-hydrogen) atoms. The van der Waals surface area contributed by atoms with Crippen molar-refractivity contribution in [3.05, 3.63) is 112 Å². The normalized spacial score (nSPS) is 21.4. The number of fused-ring (bicyclic) bond motifs is 3. The first kappa shape index (κ1) is 18.4. The Morgan fingerprint density at radius 2 is 1.83 bits per heavy atom. The highest BCUT2D eigenvalue weighted by Crippen LogP contribution is 2.50. The van der Waals surface area contributed by atoms with E-state index in [-0.39, 0.29) is 16.7 Å². The van der Waals surface area contributed by atoms with E-state index >= 15 is 0 Å². The van der Waals surface area contributed by atoms with E-state index in [0.717, 1.165) is 29.0 Å². The predicted molar refractivity (Wildman–Crippen MR) is 117 cm³/mol. The van der Waals surface area contributed by atoms with Crippen LogP contribution in [0.2, 0.25) is 0 Å². The van der Waals surface area contributed by atoms with Crippen LogP contribution in [0, 0.1) is 16.0 Å². The van der Waals surface area contributed by atoms with E-state index in [4.69, 9.17) is 4.74 Å². The van der Waals surface area contributed by atoms with E-state index < -0.39 is 0 Å². The van der Waals surface area contributed by atoms with Crippen LogP contribution in [0.5, 0.6) is 5.75 Å². The van der Waals surface area contributed by atoms with Crippen LogP contribution in [0.15, 0.2) is 84.9 Å². The molecular weight excluding hydrogens is 376 g/mol. The first-order valence-electron chi connectivity index (χ1n) is 10.2. The average Bonchev–Trinajstić information content (AvgIpc) is 3.28. The second kappa shape index (κ2) is 7.67. The van der Waals surface area contributed by atoms with Crippen LogP contribution in [0.3, 0.4) is 0 Å². The van der Waals surface area contributed by atoms with E-state index in [1.807, 2.05) is 36.4 Å². The van der Waals surface area contributed by atoms with Crippen LogP contribution in [0.25, 0.3) is 0 Å². The van der Waals surface area contributed by atoms with E-state index in [1.165, 1.54) is 5.56 Å². The number of hydrogen-bond acceptors (Lipinski definition) is 4. The van der Waals surface area contributed by atoms with Gasteiger partial charge in [0.05, 0.1) is 11.0 Å². The van der Waals surface area contributed by atoms with Crippen molar-refractivity contribution in [2.24, 2.45) is 5.92 Å². The topological polar surface area (TPSA) is 64.4 Å². The minimum Gasteiger partial charge on any atom is -0.489 e. The number of allylic oxidation sites excluding steroid dienone is 2. The maximum atomic E-state index is 11.0. The summed E-state index contributed by atoms with van der Waals surface area (Å²) in [5, 5.41) is 14.6. The van der Waals surface area contributed by atoms with Gasteiger partial charge in [-0.05, 0) is 47.2 Å². The van der Waals surface area contributed by atoms with Crippen molar-refractivity contribution < 1.29 is 9.66 Å². The quantitative estimate of drug-likeness (QED) is 0.325. The highest BCUT2D eigenvalue weighted by molar-refractivity contribution is 5.62. The van der Waals surface area contributed by atoms with Crippen molar-refractivity contribution in [2.75, 3.05) is 5.32 Å². The zero-order chi connectivity index (χ0) is 20.5. The zero-order valence-electron chi connectivity index (χ0n) is 16.4. The van der Waals surface area contributed by atoms with Gasteiger partial charge in [-0.15, -0.1) is 0 Å². The number of non-ortho nitro benzene ring substituents is 1. The second-order valence-electron chi connectivity index (χ2n) is 7.85. The lowest BCUT2D eigenvalue weighted by molar-refractivity contribution is -0.384. The van der Waals surface area contributed by atoms with Crippen molar-refractivity contribution in [1.29, 1.82) is 0 Å². The van der Waals surface area contributed by atoms with Gasteiger partial charge in [-0.2, -0.15) is 0 Å². The second-order valence-corrected chi connectivity index (χ2v) is 7.85. The molecule has 0 aromatic heterocycles. The summed E-state index contributed by atoms with van der Waals surface area (Å²) in [5.41, 5.74) is 4.69. The summed E-state index contributed by atoms with van der Waals surface area (Å²) in [6.07, 6.45) is 5.50. The number of hydrogen-bond donors (Lipinski definition) is 1. The molecule has 0 saturated carbocycles. The van der Waals surface area contributed by atoms with Gasteiger partial charge < -0.3 is 10.1 Å². The monoisotopic (exact) mass is 398 g/mol. The molecule has 5 nitrogen and oxygen atoms in total. The van der Waals surface area contributed by atoms with Crippen LogP contribution < -0.4 is 10.1 Å². The van der Waals surface area contributed by atoms with E-state index in [9.17, 15) is 10.1 Å². The first-order valence-corrected chi connectivity index (χ1v) is 10.2. The molecule has 3 atom stereocenters. The number of ether oxygens (including phenoxy) is 1. The molecule has 0 saturated heterocycles. The Hall–Kier alpha value is -3.60. The van der Waals surface area contributed by atoms with Gasteiger partial charge >= 0.3 is 0 Å². The Bertz CT molecular complexity index is 1090. The zero-order valence-corrected chi connectivity index (χ0v) is 16.4. The Labute approximate surface area is 175 Å². The van der Waals surface area contributed by atoms with Crippen LogP contribution in [0.1, 0.15) is 35.1 Å². The lowest BCUT2D eigenvalue weighted by Gasteiger charge is -2.37. The Balaban J connectivity index is 1.40. The third kappa shape index (κ3) is 3.43. The summed E-state index contributed by atoms with van der Waals surface area (Å²) in [5.74, 6) is 1.55. The molecule has 1 N–H and O–H groups in total. The Morgan fingerprint density at radius 1 is 1.03 bits per heavy atom. The largest absolute Gasteiger partial charge is 0.489 e. The van der Waals surface area contributed by atoms with E-state index in [0.29, 0.717) is 18.4 Å². The molecule has 150 valence electrons. The molecule has 1 aliphatic carbocycles. The summed E-state index contributed by atoms with van der Waals surface area (Å²) in [7, 11) is 0. The lowest BCUT2D eigenvalue weighted by atomic mass is 9.77. The summed E-state index contributed by atoms with van der Waals surface area (Å²) in [6.45, 7) is 0.544. The van der Waals surface area contributed by atoms with Gasteiger partial charge in [0, 0.05) is 23.7 Å². The van der Waals surface area contributed by atoms with Gasteiger partial charge in [-0.3, -0.25) is 10.1 Å². The number of anilines is 1. The number of benzene rings is 3. The number of rotatable bonds is 5. The highest BCUT2D eigenvalue weighted by Gasteiger charge is 2.38. The molecule has 1 heterocycles. The number of nitro groups is 1. The van der Waals surface area contributed by atoms with Crippen LogP contribution in [-0.4, -0.2) is 4.92 Å². The Kier molecular flexibility index (Phi) is 4.71. The molecule has 0 amide bonds. The molecule has 3 aromatic rings. The Morgan fingerprint density at radius 3 is 2.60 bits per heavy atom. The first-order chi connectivity index (χ1) is 14.7. The molecule has 5 heteroatoms. The molecule has 0 spiro atoms. The van der Waals surface area contributed by atoms with E-state index in [1.54, 1.807) is 12.1 Å².